The third-order valence-electron chi connectivity index (χ3n) is 5.09. The maximum absolute atomic E-state index is 12.7. The van der Waals surface area contributed by atoms with Crippen LogP contribution in [0.3, 0.4) is 0 Å². The number of allylic oxidation sites excluding steroid dienone is 2. The number of alkyl halides is 3. The molecule has 0 bridgehead atoms. The van der Waals surface area contributed by atoms with Gasteiger partial charge in [0.05, 0.1) is 5.92 Å². The highest BCUT2D eigenvalue weighted by atomic mass is 35.5. The van der Waals surface area contributed by atoms with Crippen molar-refractivity contribution in [3.63, 3.8) is 0 Å². The second kappa shape index (κ2) is 8.52. The lowest BCUT2D eigenvalue weighted by Gasteiger charge is -2.09. The molecule has 3 rings (SSSR count). The number of rotatable bonds is 6. The molecule has 0 amide bonds. The van der Waals surface area contributed by atoms with E-state index in [-0.39, 0.29) is 6.61 Å². The van der Waals surface area contributed by atoms with E-state index in [4.69, 9.17) is 32.7 Å². The van der Waals surface area contributed by atoms with Gasteiger partial charge in [-0.3, -0.25) is 4.79 Å². The highest BCUT2D eigenvalue weighted by molar-refractivity contribution is 6.30. The minimum absolute atomic E-state index is 0.0212. The molecule has 0 saturated heterocycles. The number of carbonyl (C=O) groups excluding carboxylic acids is 1. The lowest BCUT2D eigenvalue weighted by Crippen LogP contribution is -2.11. The van der Waals surface area contributed by atoms with Gasteiger partial charge in [0, 0.05) is 5.02 Å². The van der Waals surface area contributed by atoms with E-state index in [1.165, 1.54) is 0 Å². The standard InChI is InChI=1S/C22H19Cl2F3O3/c1-21(2)17(11-18(24)22(25,26)27)19(21)20(28)29-12-13-4-3-5-16(10-13)30-15-8-6-14(23)7-9-15/h3-11,17,19H,12H2,1-2H3/b18-11-/t17-,19-/m0/s1. The summed E-state index contributed by atoms with van der Waals surface area (Å²) < 4.78 is 49.1. The summed E-state index contributed by atoms with van der Waals surface area (Å²) in [5.74, 6) is -0.711. The van der Waals surface area contributed by atoms with Crippen LogP contribution in [0.4, 0.5) is 13.2 Å². The first kappa shape index (κ1) is 22.5. The lowest BCUT2D eigenvalue weighted by molar-refractivity contribution is -0.147. The molecule has 160 valence electrons. The second-order valence-electron chi connectivity index (χ2n) is 7.65. The molecule has 0 radical (unpaired) electrons. The molecular weight excluding hydrogens is 440 g/mol. The predicted octanol–water partition coefficient (Wildman–Crippen LogP) is 7.13. The van der Waals surface area contributed by atoms with Gasteiger partial charge in [0.2, 0.25) is 0 Å². The van der Waals surface area contributed by atoms with Crippen LogP contribution >= 0.6 is 23.2 Å². The van der Waals surface area contributed by atoms with Crippen LogP contribution in [0.25, 0.3) is 0 Å². The van der Waals surface area contributed by atoms with E-state index in [2.05, 4.69) is 0 Å². The molecule has 0 aliphatic heterocycles. The Bertz CT molecular complexity index is 953. The average molecular weight is 459 g/mol. The van der Waals surface area contributed by atoms with E-state index in [1.54, 1.807) is 62.4 Å². The van der Waals surface area contributed by atoms with Crippen molar-refractivity contribution in [1.82, 2.24) is 0 Å². The van der Waals surface area contributed by atoms with Crippen LogP contribution in [0, 0.1) is 17.3 Å². The molecule has 1 saturated carbocycles. The molecule has 1 fully saturated rings. The Labute approximate surface area is 182 Å². The van der Waals surface area contributed by atoms with Crippen molar-refractivity contribution in [2.75, 3.05) is 0 Å². The number of esters is 1. The fourth-order valence-corrected chi connectivity index (χ4v) is 3.53. The topological polar surface area (TPSA) is 35.5 Å². The first-order chi connectivity index (χ1) is 14.0. The summed E-state index contributed by atoms with van der Waals surface area (Å²) in [7, 11) is 0. The molecule has 0 unspecified atom stereocenters. The summed E-state index contributed by atoms with van der Waals surface area (Å²) in [4.78, 5) is 12.4. The summed E-state index contributed by atoms with van der Waals surface area (Å²) in [5.41, 5.74) is 0.0378. The van der Waals surface area contributed by atoms with Crippen molar-refractivity contribution >= 4 is 29.2 Å². The fraction of sp³-hybridized carbons (Fsp3) is 0.318. The van der Waals surface area contributed by atoms with Gasteiger partial charge in [-0.25, -0.2) is 0 Å². The smallest absolute Gasteiger partial charge is 0.426 e. The lowest BCUT2D eigenvalue weighted by atomic mass is 10.1. The highest BCUT2D eigenvalue weighted by Gasteiger charge is 2.62. The number of carbonyl (C=O) groups is 1. The Morgan fingerprint density at radius 1 is 1.13 bits per heavy atom. The molecule has 0 spiro atoms. The Morgan fingerprint density at radius 3 is 2.43 bits per heavy atom. The van der Waals surface area contributed by atoms with Gasteiger partial charge < -0.3 is 9.47 Å². The average Bonchev–Trinajstić information content (AvgIpc) is 3.21. The van der Waals surface area contributed by atoms with Gasteiger partial charge in [0.15, 0.2) is 0 Å². The molecule has 1 aliphatic carbocycles. The predicted molar refractivity (Wildman–Crippen MR) is 109 cm³/mol. The van der Waals surface area contributed by atoms with E-state index >= 15 is 0 Å². The van der Waals surface area contributed by atoms with E-state index in [0.717, 1.165) is 6.08 Å². The summed E-state index contributed by atoms with van der Waals surface area (Å²) in [6.07, 6.45) is -3.73. The van der Waals surface area contributed by atoms with Crippen molar-refractivity contribution < 1.29 is 27.4 Å². The van der Waals surface area contributed by atoms with Crippen molar-refractivity contribution in [2.24, 2.45) is 17.3 Å². The van der Waals surface area contributed by atoms with Gasteiger partial charge in [0.1, 0.15) is 23.1 Å². The Hall–Kier alpha value is -2.18. The van der Waals surface area contributed by atoms with Crippen molar-refractivity contribution in [2.45, 2.75) is 26.6 Å². The van der Waals surface area contributed by atoms with Crippen molar-refractivity contribution in [3.8, 4) is 11.5 Å². The van der Waals surface area contributed by atoms with E-state index in [0.29, 0.717) is 22.1 Å². The van der Waals surface area contributed by atoms with Crippen LogP contribution in [0.15, 0.2) is 59.6 Å². The van der Waals surface area contributed by atoms with Crippen LogP contribution < -0.4 is 4.74 Å². The molecule has 30 heavy (non-hydrogen) atoms. The van der Waals surface area contributed by atoms with Crippen molar-refractivity contribution in [1.29, 1.82) is 0 Å². The minimum atomic E-state index is -4.63. The number of benzene rings is 2. The third-order valence-corrected chi connectivity index (χ3v) is 5.68. The molecule has 0 N–H and O–H groups in total. The molecule has 2 atom stereocenters. The first-order valence-corrected chi connectivity index (χ1v) is 9.87. The number of halogens is 5. The Balaban J connectivity index is 1.60. The van der Waals surface area contributed by atoms with E-state index in [9.17, 15) is 18.0 Å². The SMILES string of the molecule is CC1(C)[C@H](C(=O)OCc2cccc(Oc3ccc(Cl)cc3)c2)[C@@H]1/C=C(\Cl)C(F)(F)F. The molecule has 3 nitrogen and oxygen atoms in total. The van der Waals surface area contributed by atoms with E-state index in [1.807, 2.05) is 0 Å². The Morgan fingerprint density at radius 2 is 1.80 bits per heavy atom. The van der Waals surface area contributed by atoms with Gasteiger partial charge >= 0.3 is 12.1 Å². The van der Waals surface area contributed by atoms with Crippen LogP contribution in [0.5, 0.6) is 11.5 Å². The second-order valence-corrected chi connectivity index (χ2v) is 8.49. The molecule has 2 aromatic carbocycles. The minimum Gasteiger partial charge on any atom is -0.461 e. The van der Waals surface area contributed by atoms with Crippen LogP contribution in [-0.4, -0.2) is 12.1 Å². The van der Waals surface area contributed by atoms with Gasteiger partial charge in [-0.05, 0) is 53.3 Å². The van der Waals surface area contributed by atoms with E-state index < -0.39 is 34.4 Å². The first-order valence-electron chi connectivity index (χ1n) is 9.12. The third kappa shape index (κ3) is 5.29. The van der Waals surface area contributed by atoms with Gasteiger partial charge in [-0.2, -0.15) is 13.2 Å². The van der Waals surface area contributed by atoms with Gasteiger partial charge in [-0.1, -0.05) is 55.3 Å². The zero-order valence-corrected chi connectivity index (χ0v) is 17.7. The van der Waals surface area contributed by atoms with Gasteiger partial charge in [0.25, 0.3) is 0 Å². The monoisotopic (exact) mass is 458 g/mol. The zero-order valence-electron chi connectivity index (χ0n) is 16.2. The number of ether oxygens (including phenoxy) is 2. The summed E-state index contributed by atoms with van der Waals surface area (Å²) >= 11 is 11.2. The van der Waals surface area contributed by atoms with Crippen molar-refractivity contribution in [3.05, 3.63) is 70.2 Å². The van der Waals surface area contributed by atoms with Crippen LogP contribution in [0.1, 0.15) is 19.4 Å². The maximum Gasteiger partial charge on any atom is 0.426 e. The largest absolute Gasteiger partial charge is 0.461 e. The molecule has 2 aromatic rings. The zero-order chi connectivity index (χ0) is 22.1. The maximum atomic E-state index is 12.7. The van der Waals surface area contributed by atoms with Gasteiger partial charge in [-0.15, -0.1) is 0 Å². The Kier molecular flexibility index (Phi) is 6.39. The molecule has 8 heteroatoms. The summed E-state index contributed by atoms with van der Waals surface area (Å²) in [6, 6.07) is 13.9. The molecule has 0 aromatic heterocycles. The van der Waals surface area contributed by atoms with Crippen LogP contribution in [-0.2, 0) is 16.1 Å². The van der Waals surface area contributed by atoms with Crippen LogP contribution in [0.2, 0.25) is 5.02 Å². The normalized spacial score (nSPS) is 20.6. The molecule has 0 heterocycles. The molecular formula is C22H19Cl2F3O3. The number of hydrogen-bond donors (Lipinski definition) is 0. The summed E-state index contributed by atoms with van der Waals surface area (Å²) in [5, 5.41) is -0.626. The highest BCUT2D eigenvalue weighted by Crippen LogP contribution is 2.60. The fourth-order valence-electron chi connectivity index (χ4n) is 3.27. The number of hydrogen-bond acceptors (Lipinski definition) is 3. The summed E-state index contributed by atoms with van der Waals surface area (Å²) in [6.45, 7) is 3.40. The quantitative estimate of drug-likeness (QED) is 0.431. The molecule has 1 aliphatic rings.